The van der Waals surface area contributed by atoms with Crippen LogP contribution in [-0.4, -0.2) is 41.6 Å². The van der Waals surface area contributed by atoms with E-state index in [0.717, 1.165) is 25.9 Å². The summed E-state index contributed by atoms with van der Waals surface area (Å²) in [5, 5.41) is 2.98. The molecule has 1 N–H and O–H groups in total. The quantitative estimate of drug-likeness (QED) is 0.902. The number of rotatable bonds is 5. The van der Waals surface area contributed by atoms with Crippen molar-refractivity contribution in [1.29, 1.82) is 0 Å². The number of carbonyl (C=O) groups is 1. The first-order chi connectivity index (χ1) is 12.2. The van der Waals surface area contributed by atoms with E-state index < -0.39 is 5.82 Å². The second-order valence-electron chi connectivity index (χ2n) is 5.83. The lowest BCUT2D eigenvalue weighted by Crippen LogP contribution is -2.45. The first-order valence-corrected chi connectivity index (χ1v) is 8.43. The van der Waals surface area contributed by atoms with Gasteiger partial charge in [0.2, 0.25) is 5.95 Å². The number of halogens is 1. The Balaban J connectivity index is 1.61. The maximum Gasteiger partial charge on any atom is 0.255 e. The van der Waals surface area contributed by atoms with Crippen molar-refractivity contribution in [2.45, 2.75) is 25.8 Å². The van der Waals surface area contributed by atoms with Crippen molar-refractivity contribution in [3.05, 3.63) is 48.0 Å². The van der Waals surface area contributed by atoms with Gasteiger partial charge in [0.05, 0.1) is 12.2 Å². The molecule has 2 aromatic rings. The Hall–Kier alpha value is -2.70. The number of carbonyl (C=O) groups excluding carboxylic acids is 1. The average molecular weight is 344 g/mol. The van der Waals surface area contributed by atoms with Crippen LogP contribution in [0.4, 0.5) is 10.3 Å². The smallest absolute Gasteiger partial charge is 0.255 e. The second-order valence-corrected chi connectivity index (χ2v) is 5.83. The van der Waals surface area contributed by atoms with Gasteiger partial charge in [-0.1, -0.05) is 6.07 Å². The molecule has 0 bridgehead atoms. The lowest BCUT2D eigenvalue weighted by atomic mass is 10.0. The summed E-state index contributed by atoms with van der Waals surface area (Å²) in [6.45, 7) is 3.58. The van der Waals surface area contributed by atoms with E-state index in [9.17, 15) is 9.18 Å². The molecule has 0 spiro atoms. The summed E-state index contributed by atoms with van der Waals surface area (Å²) in [5.41, 5.74) is 0.232. The average Bonchev–Trinajstić information content (AvgIpc) is 2.65. The van der Waals surface area contributed by atoms with Crippen molar-refractivity contribution in [3.8, 4) is 5.75 Å². The van der Waals surface area contributed by atoms with Crippen LogP contribution in [0.3, 0.4) is 0 Å². The molecule has 1 aliphatic rings. The van der Waals surface area contributed by atoms with Crippen molar-refractivity contribution < 1.29 is 13.9 Å². The Bertz CT molecular complexity index is 718. The molecule has 1 saturated heterocycles. The molecule has 1 aliphatic heterocycles. The Morgan fingerprint density at radius 3 is 2.68 bits per heavy atom. The van der Waals surface area contributed by atoms with Crippen molar-refractivity contribution in [2.75, 3.05) is 24.6 Å². The van der Waals surface area contributed by atoms with E-state index in [4.69, 9.17) is 4.74 Å². The van der Waals surface area contributed by atoms with E-state index in [2.05, 4.69) is 20.2 Å². The van der Waals surface area contributed by atoms with Crippen LogP contribution in [0.5, 0.6) is 5.75 Å². The number of aromatic nitrogens is 2. The highest BCUT2D eigenvalue weighted by atomic mass is 19.1. The van der Waals surface area contributed by atoms with Gasteiger partial charge in [0.25, 0.3) is 5.91 Å². The molecule has 1 fully saturated rings. The van der Waals surface area contributed by atoms with Gasteiger partial charge in [0.15, 0.2) is 11.6 Å². The first-order valence-electron chi connectivity index (χ1n) is 8.43. The molecule has 1 aromatic carbocycles. The Labute approximate surface area is 146 Å². The standard InChI is InChI=1S/C18H21FN4O2/c1-2-25-16-14(5-3-6-15(16)19)17(24)22-13-7-11-23(12-8-13)18-20-9-4-10-21-18/h3-6,9-10,13H,2,7-8,11-12H2,1H3,(H,22,24). The van der Waals surface area contributed by atoms with E-state index in [1.165, 1.54) is 12.1 Å². The fraction of sp³-hybridized carbons (Fsp3) is 0.389. The molecule has 132 valence electrons. The molecule has 1 amide bonds. The molecule has 0 saturated carbocycles. The van der Waals surface area contributed by atoms with E-state index in [0.29, 0.717) is 12.6 Å². The van der Waals surface area contributed by atoms with Crippen LogP contribution in [0.2, 0.25) is 0 Å². The number of hydrogen-bond acceptors (Lipinski definition) is 5. The minimum atomic E-state index is -0.523. The van der Waals surface area contributed by atoms with E-state index in [-0.39, 0.29) is 23.3 Å². The molecule has 6 nitrogen and oxygen atoms in total. The summed E-state index contributed by atoms with van der Waals surface area (Å²) in [7, 11) is 0. The van der Waals surface area contributed by atoms with Crippen LogP contribution < -0.4 is 15.0 Å². The Morgan fingerprint density at radius 2 is 2.00 bits per heavy atom. The van der Waals surface area contributed by atoms with Gasteiger partial charge in [0.1, 0.15) is 0 Å². The minimum absolute atomic E-state index is 0.0117. The number of amides is 1. The highest BCUT2D eigenvalue weighted by Gasteiger charge is 2.24. The van der Waals surface area contributed by atoms with Crippen molar-refractivity contribution in [2.24, 2.45) is 0 Å². The molecule has 0 unspecified atom stereocenters. The third-order valence-corrected chi connectivity index (χ3v) is 4.17. The highest BCUT2D eigenvalue weighted by molar-refractivity contribution is 5.97. The van der Waals surface area contributed by atoms with Crippen molar-refractivity contribution in [1.82, 2.24) is 15.3 Å². The number of para-hydroxylation sites is 1. The molecule has 0 aliphatic carbocycles. The third kappa shape index (κ3) is 4.04. The van der Waals surface area contributed by atoms with Gasteiger partial charge in [-0.25, -0.2) is 14.4 Å². The maximum atomic E-state index is 13.9. The third-order valence-electron chi connectivity index (χ3n) is 4.17. The van der Waals surface area contributed by atoms with Crippen LogP contribution in [0.25, 0.3) is 0 Å². The number of anilines is 1. The number of piperidine rings is 1. The molecular weight excluding hydrogens is 323 g/mol. The van der Waals surface area contributed by atoms with Gasteiger partial charge in [-0.2, -0.15) is 0 Å². The van der Waals surface area contributed by atoms with Gasteiger partial charge in [-0.3, -0.25) is 4.79 Å². The summed E-state index contributed by atoms with van der Waals surface area (Å²) in [4.78, 5) is 23.1. The zero-order valence-corrected chi connectivity index (χ0v) is 14.1. The zero-order valence-electron chi connectivity index (χ0n) is 14.1. The fourth-order valence-corrected chi connectivity index (χ4v) is 2.92. The lowest BCUT2D eigenvalue weighted by molar-refractivity contribution is 0.0926. The number of nitrogens with zero attached hydrogens (tertiary/aromatic N) is 3. The van der Waals surface area contributed by atoms with Gasteiger partial charge in [0, 0.05) is 31.5 Å². The van der Waals surface area contributed by atoms with Crippen molar-refractivity contribution >= 4 is 11.9 Å². The number of benzene rings is 1. The summed E-state index contributed by atoms with van der Waals surface area (Å²) in [6.07, 6.45) is 5.00. The molecule has 1 aromatic heterocycles. The number of hydrogen-bond donors (Lipinski definition) is 1. The largest absolute Gasteiger partial charge is 0.490 e. The first kappa shape index (κ1) is 17.1. The van der Waals surface area contributed by atoms with Crippen LogP contribution >= 0.6 is 0 Å². The summed E-state index contributed by atoms with van der Waals surface area (Å²) < 4.78 is 19.2. The molecule has 25 heavy (non-hydrogen) atoms. The van der Waals surface area contributed by atoms with Gasteiger partial charge >= 0.3 is 0 Å². The van der Waals surface area contributed by atoms with Crippen LogP contribution in [0, 0.1) is 5.82 Å². The molecule has 0 atom stereocenters. The monoisotopic (exact) mass is 344 g/mol. The zero-order chi connectivity index (χ0) is 17.6. The van der Waals surface area contributed by atoms with Gasteiger partial charge in [-0.05, 0) is 38.0 Å². The summed E-state index contributed by atoms with van der Waals surface area (Å²) >= 11 is 0. The van der Waals surface area contributed by atoms with E-state index in [1.807, 2.05) is 0 Å². The minimum Gasteiger partial charge on any atom is -0.490 e. The van der Waals surface area contributed by atoms with Crippen molar-refractivity contribution in [3.63, 3.8) is 0 Å². The van der Waals surface area contributed by atoms with E-state index >= 15 is 0 Å². The molecule has 2 heterocycles. The van der Waals surface area contributed by atoms with Crippen LogP contribution in [0.1, 0.15) is 30.1 Å². The van der Waals surface area contributed by atoms with Crippen LogP contribution in [-0.2, 0) is 0 Å². The maximum absolute atomic E-state index is 13.9. The molecule has 7 heteroatoms. The number of ether oxygens (including phenoxy) is 1. The lowest BCUT2D eigenvalue weighted by Gasteiger charge is -2.32. The fourth-order valence-electron chi connectivity index (χ4n) is 2.92. The molecule has 0 radical (unpaired) electrons. The van der Waals surface area contributed by atoms with Crippen LogP contribution in [0.15, 0.2) is 36.7 Å². The highest BCUT2D eigenvalue weighted by Crippen LogP contribution is 2.23. The molecular formula is C18H21FN4O2. The predicted molar refractivity (Wildman–Crippen MR) is 92.3 cm³/mol. The van der Waals surface area contributed by atoms with Gasteiger partial charge < -0.3 is 15.0 Å². The normalized spacial score (nSPS) is 15.0. The predicted octanol–water partition coefficient (Wildman–Crippen LogP) is 2.41. The number of nitrogens with one attached hydrogen (secondary N) is 1. The summed E-state index contributed by atoms with van der Waals surface area (Å²) in [5.74, 6) is -0.114. The topological polar surface area (TPSA) is 67.3 Å². The summed E-state index contributed by atoms with van der Waals surface area (Å²) in [6, 6.07) is 6.20. The second kappa shape index (κ2) is 7.92. The Kier molecular flexibility index (Phi) is 5.42. The Morgan fingerprint density at radius 1 is 1.28 bits per heavy atom. The van der Waals surface area contributed by atoms with Gasteiger partial charge in [-0.15, -0.1) is 0 Å². The van der Waals surface area contributed by atoms with E-state index in [1.54, 1.807) is 31.5 Å². The molecule has 3 rings (SSSR count). The SMILES string of the molecule is CCOc1c(F)cccc1C(=O)NC1CCN(c2ncccn2)CC1.